The molecule has 0 aliphatic rings. The van der Waals surface area contributed by atoms with Crippen molar-refractivity contribution in [3.63, 3.8) is 0 Å². The van der Waals surface area contributed by atoms with Gasteiger partial charge >= 0.3 is 0 Å². The van der Waals surface area contributed by atoms with Crippen LogP contribution in [0.1, 0.15) is 31.3 Å². The van der Waals surface area contributed by atoms with Crippen molar-refractivity contribution in [1.29, 1.82) is 0 Å². The predicted molar refractivity (Wildman–Crippen MR) is 70.8 cm³/mol. The Labute approximate surface area is 107 Å². The average Bonchev–Trinajstić information content (AvgIpc) is 2.79. The predicted octanol–water partition coefficient (Wildman–Crippen LogP) is 3.68. The Morgan fingerprint density at radius 3 is 2.67 bits per heavy atom. The fraction of sp³-hybridized carbons (Fsp3) is 0.400. The SMILES string of the molecule is CC(C)C(C)OCC(=O)c1cc2ccccc2o1. The van der Waals surface area contributed by atoms with Crippen molar-refractivity contribution in [2.75, 3.05) is 6.61 Å². The summed E-state index contributed by atoms with van der Waals surface area (Å²) in [7, 11) is 0. The molecule has 18 heavy (non-hydrogen) atoms. The summed E-state index contributed by atoms with van der Waals surface area (Å²) in [6, 6.07) is 9.35. The summed E-state index contributed by atoms with van der Waals surface area (Å²) in [5, 5.41) is 0.942. The van der Waals surface area contributed by atoms with Crippen LogP contribution in [0.15, 0.2) is 34.7 Å². The lowest BCUT2D eigenvalue weighted by molar-refractivity contribution is 0.0322. The monoisotopic (exact) mass is 246 g/mol. The second-order valence-corrected chi connectivity index (χ2v) is 4.83. The lowest BCUT2D eigenvalue weighted by Crippen LogP contribution is -2.20. The van der Waals surface area contributed by atoms with Crippen molar-refractivity contribution in [1.82, 2.24) is 0 Å². The van der Waals surface area contributed by atoms with Gasteiger partial charge in [-0.1, -0.05) is 32.0 Å². The number of fused-ring (bicyclic) bond motifs is 1. The van der Waals surface area contributed by atoms with Gasteiger partial charge in [-0.15, -0.1) is 0 Å². The first-order valence-electron chi connectivity index (χ1n) is 6.21. The molecule has 3 nitrogen and oxygen atoms in total. The highest BCUT2D eigenvalue weighted by Crippen LogP contribution is 2.19. The maximum Gasteiger partial charge on any atom is 0.223 e. The number of carbonyl (C=O) groups is 1. The minimum atomic E-state index is -0.112. The first-order valence-corrected chi connectivity index (χ1v) is 6.21. The van der Waals surface area contributed by atoms with Crippen LogP contribution in [-0.4, -0.2) is 18.5 Å². The van der Waals surface area contributed by atoms with E-state index in [1.165, 1.54) is 0 Å². The van der Waals surface area contributed by atoms with Gasteiger partial charge in [0.05, 0.1) is 6.10 Å². The Morgan fingerprint density at radius 1 is 1.28 bits per heavy atom. The number of Topliss-reactive ketones (excluding diaryl/α,β-unsaturated/α-hetero) is 1. The Balaban J connectivity index is 2.05. The number of benzene rings is 1. The highest BCUT2D eigenvalue weighted by atomic mass is 16.5. The van der Waals surface area contributed by atoms with Gasteiger partial charge in [-0.25, -0.2) is 0 Å². The van der Waals surface area contributed by atoms with Crippen molar-refractivity contribution < 1.29 is 13.9 Å². The molecule has 1 unspecified atom stereocenters. The molecule has 0 amide bonds. The molecule has 0 aliphatic carbocycles. The third-order valence-electron chi connectivity index (χ3n) is 3.12. The van der Waals surface area contributed by atoms with Gasteiger partial charge in [-0.2, -0.15) is 0 Å². The summed E-state index contributed by atoms with van der Waals surface area (Å²) in [6.45, 7) is 6.17. The second-order valence-electron chi connectivity index (χ2n) is 4.83. The van der Waals surface area contributed by atoms with Gasteiger partial charge in [0.2, 0.25) is 5.78 Å². The summed E-state index contributed by atoms with van der Waals surface area (Å²) in [5.74, 6) is 0.652. The Hall–Kier alpha value is -1.61. The quantitative estimate of drug-likeness (QED) is 0.755. The van der Waals surface area contributed by atoms with Crippen molar-refractivity contribution in [3.8, 4) is 0 Å². The van der Waals surface area contributed by atoms with Gasteiger partial charge in [-0.3, -0.25) is 4.79 Å². The Bertz CT molecular complexity index is 506. The average molecular weight is 246 g/mol. The molecule has 0 spiro atoms. The molecule has 0 saturated heterocycles. The van der Waals surface area contributed by atoms with E-state index in [1.807, 2.05) is 31.2 Å². The minimum Gasteiger partial charge on any atom is -0.453 e. The molecule has 2 rings (SSSR count). The molecular formula is C15H18O3. The number of carbonyl (C=O) groups excluding carboxylic acids is 1. The summed E-state index contributed by atoms with van der Waals surface area (Å²) in [6.07, 6.45) is 0.0679. The fourth-order valence-corrected chi connectivity index (χ4v) is 1.59. The van der Waals surface area contributed by atoms with E-state index in [2.05, 4.69) is 13.8 Å². The smallest absolute Gasteiger partial charge is 0.223 e. The molecule has 1 atom stereocenters. The number of hydrogen-bond acceptors (Lipinski definition) is 3. The normalized spacial score (nSPS) is 13.1. The van der Waals surface area contributed by atoms with Gasteiger partial charge in [-0.05, 0) is 25.0 Å². The minimum absolute atomic E-state index is 0.0679. The molecular weight excluding hydrogens is 228 g/mol. The van der Waals surface area contributed by atoms with Crippen molar-refractivity contribution >= 4 is 16.8 Å². The first kappa shape index (κ1) is 12.8. The van der Waals surface area contributed by atoms with E-state index < -0.39 is 0 Å². The zero-order chi connectivity index (χ0) is 13.1. The second kappa shape index (κ2) is 5.36. The van der Waals surface area contributed by atoms with Crippen molar-refractivity contribution in [2.24, 2.45) is 5.92 Å². The van der Waals surface area contributed by atoms with E-state index in [0.717, 1.165) is 11.0 Å². The van der Waals surface area contributed by atoms with Gasteiger partial charge in [0, 0.05) is 5.39 Å². The van der Waals surface area contributed by atoms with Crippen molar-refractivity contribution in [2.45, 2.75) is 26.9 Å². The van der Waals surface area contributed by atoms with Crippen LogP contribution in [0.5, 0.6) is 0 Å². The molecule has 1 aromatic heterocycles. The van der Waals surface area contributed by atoms with E-state index in [4.69, 9.17) is 9.15 Å². The Kier molecular flexibility index (Phi) is 3.82. The fourth-order valence-electron chi connectivity index (χ4n) is 1.59. The van der Waals surface area contributed by atoms with E-state index in [9.17, 15) is 4.79 Å². The van der Waals surface area contributed by atoms with Crippen LogP contribution in [0.4, 0.5) is 0 Å². The number of hydrogen-bond donors (Lipinski definition) is 0. The lowest BCUT2D eigenvalue weighted by atomic mass is 10.1. The molecule has 0 radical (unpaired) electrons. The number of ether oxygens (including phenoxy) is 1. The van der Waals surface area contributed by atoms with Crippen LogP contribution in [0.3, 0.4) is 0 Å². The number of ketones is 1. The summed E-state index contributed by atoms with van der Waals surface area (Å²) >= 11 is 0. The molecule has 96 valence electrons. The molecule has 2 aromatic rings. The molecule has 0 bridgehead atoms. The molecule has 1 heterocycles. The number of para-hydroxylation sites is 1. The number of rotatable bonds is 5. The topological polar surface area (TPSA) is 39.4 Å². The molecule has 0 aliphatic heterocycles. The van der Waals surface area contributed by atoms with E-state index >= 15 is 0 Å². The molecule has 0 saturated carbocycles. The molecule has 3 heteroatoms. The maximum absolute atomic E-state index is 11.9. The summed E-state index contributed by atoms with van der Waals surface area (Å²) < 4.78 is 11.0. The van der Waals surface area contributed by atoms with Crippen LogP contribution in [-0.2, 0) is 4.74 Å². The largest absolute Gasteiger partial charge is 0.453 e. The van der Waals surface area contributed by atoms with Gasteiger partial charge in [0.15, 0.2) is 5.76 Å². The highest BCUT2D eigenvalue weighted by molar-refractivity contribution is 5.98. The van der Waals surface area contributed by atoms with Crippen LogP contribution in [0, 0.1) is 5.92 Å². The van der Waals surface area contributed by atoms with E-state index in [0.29, 0.717) is 11.7 Å². The van der Waals surface area contributed by atoms with E-state index in [1.54, 1.807) is 6.07 Å². The summed E-state index contributed by atoms with van der Waals surface area (Å²) in [4.78, 5) is 11.9. The number of furan rings is 1. The van der Waals surface area contributed by atoms with Gasteiger partial charge in [0.25, 0.3) is 0 Å². The van der Waals surface area contributed by atoms with Gasteiger partial charge in [0.1, 0.15) is 12.2 Å². The molecule has 1 aromatic carbocycles. The maximum atomic E-state index is 11.9. The van der Waals surface area contributed by atoms with Crippen LogP contribution in [0.25, 0.3) is 11.0 Å². The zero-order valence-electron chi connectivity index (χ0n) is 11.0. The molecule has 0 N–H and O–H groups in total. The Morgan fingerprint density at radius 2 is 2.00 bits per heavy atom. The third-order valence-corrected chi connectivity index (χ3v) is 3.12. The van der Waals surface area contributed by atoms with Crippen LogP contribution >= 0.6 is 0 Å². The van der Waals surface area contributed by atoms with Crippen LogP contribution in [0.2, 0.25) is 0 Å². The van der Waals surface area contributed by atoms with Crippen LogP contribution < -0.4 is 0 Å². The highest BCUT2D eigenvalue weighted by Gasteiger charge is 2.15. The third kappa shape index (κ3) is 2.79. The lowest BCUT2D eigenvalue weighted by Gasteiger charge is -2.15. The molecule has 0 fully saturated rings. The van der Waals surface area contributed by atoms with Crippen molar-refractivity contribution in [3.05, 3.63) is 36.1 Å². The zero-order valence-corrected chi connectivity index (χ0v) is 11.0. The standard InChI is InChI=1S/C15H18O3/c1-10(2)11(3)17-9-13(16)15-8-12-6-4-5-7-14(12)18-15/h4-8,10-11H,9H2,1-3H3. The summed E-state index contributed by atoms with van der Waals surface area (Å²) in [5.41, 5.74) is 0.734. The van der Waals surface area contributed by atoms with Gasteiger partial charge < -0.3 is 9.15 Å². The van der Waals surface area contributed by atoms with E-state index in [-0.39, 0.29) is 18.5 Å². The first-order chi connectivity index (χ1) is 8.58.